The van der Waals surface area contributed by atoms with Gasteiger partial charge in [0.2, 0.25) is 10.0 Å². The number of methoxy groups -OCH3 is 1. The second-order valence-corrected chi connectivity index (χ2v) is 5.06. The molecule has 0 aliphatic heterocycles. The second-order valence-electron chi connectivity index (χ2n) is 2.97. The van der Waals surface area contributed by atoms with Crippen LogP contribution >= 0.6 is 15.9 Å². The lowest BCUT2D eigenvalue weighted by atomic mass is 10.1. The van der Waals surface area contributed by atoms with Gasteiger partial charge in [-0.05, 0) is 18.2 Å². The van der Waals surface area contributed by atoms with Crippen molar-refractivity contribution in [2.75, 3.05) is 12.4 Å². The van der Waals surface area contributed by atoms with Crippen LogP contribution in [0.1, 0.15) is 10.4 Å². The number of alkyl halides is 1. The van der Waals surface area contributed by atoms with Crippen molar-refractivity contribution in [3.8, 4) is 5.75 Å². The Labute approximate surface area is 102 Å². The van der Waals surface area contributed by atoms with E-state index in [1.165, 1.54) is 25.3 Å². The minimum Gasteiger partial charge on any atom is -0.495 e. The fraction of sp³-hybridized carbons (Fsp3) is 0.222. The smallest absolute Gasteiger partial charge is 0.241 e. The first-order chi connectivity index (χ1) is 7.40. The normalized spacial score (nSPS) is 11.2. The molecule has 0 aliphatic rings. The number of benzene rings is 1. The number of nitrogens with two attached hydrogens (primary N) is 1. The van der Waals surface area contributed by atoms with Gasteiger partial charge in [-0.25, -0.2) is 13.6 Å². The Morgan fingerprint density at radius 2 is 2.12 bits per heavy atom. The van der Waals surface area contributed by atoms with Gasteiger partial charge in [0.25, 0.3) is 0 Å². The number of hydrogen-bond acceptors (Lipinski definition) is 4. The number of ketones is 1. The summed E-state index contributed by atoms with van der Waals surface area (Å²) in [5.41, 5.74) is 0.265. The highest BCUT2D eigenvalue weighted by Crippen LogP contribution is 2.24. The van der Waals surface area contributed by atoms with Crippen LogP contribution in [-0.2, 0) is 10.0 Å². The molecule has 0 aliphatic carbocycles. The number of sulfonamides is 1. The van der Waals surface area contributed by atoms with E-state index < -0.39 is 10.0 Å². The molecular formula is C9H10BrNO4S. The van der Waals surface area contributed by atoms with Gasteiger partial charge in [0.05, 0.1) is 12.4 Å². The summed E-state index contributed by atoms with van der Waals surface area (Å²) < 4.78 is 27.4. The SMILES string of the molecule is COc1ccc(C(=O)CBr)cc1S(N)(=O)=O. The van der Waals surface area contributed by atoms with Crippen molar-refractivity contribution < 1.29 is 17.9 Å². The van der Waals surface area contributed by atoms with Crippen molar-refractivity contribution in [3.05, 3.63) is 23.8 Å². The first kappa shape index (κ1) is 13.1. The van der Waals surface area contributed by atoms with E-state index in [4.69, 9.17) is 9.88 Å². The van der Waals surface area contributed by atoms with E-state index >= 15 is 0 Å². The molecule has 0 fully saturated rings. The Morgan fingerprint density at radius 3 is 2.56 bits per heavy atom. The number of carbonyl (C=O) groups is 1. The molecule has 1 rings (SSSR count). The number of Topliss-reactive ketones (excluding diaryl/α,β-unsaturated/α-hetero) is 1. The third-order valence-electron chi connectivity index (χ3n) is 1.91. The Kier molecular flexibility index (Phi) is 4.06. The zero-order valence-electron chi connectivity index (χ0n) is 8.44. The van der Waals surface area contributed by atoms with Gasteiger partial charge in [-0.2, -0.15) is 0 Å². The summed E-state index contributed by atoms with van der Waals surface area (Å²) in [5.74, 6) is -0.110. The van der Waals surface area contributed by atoms with Gasteiger partial charge in [0.1, 0.15) is 10.6 Å². The molecule has 7 heteroatoms. The largest absolute Gasteiger partial charge is 0.495 e. The van der Waals surface area contributed by atoms with Crippen molar-refractivity contribution in [2.45, 2.75) is 4.90 Å². The molecule has 0 saturated heterocycles. The lowest BCUT2D eigenvalue weighted by Crippen LogP contribution is -2.14. The number of primary sulfonamides is 1. The van der Waals surface area contributed by atoms with Crippen LogP contribution in [0.25, 0.3) is 0 Å². The maximum Gasteiger partial charge on any atom is 0.241 e. The van der Waals surface area contributed by atoms with Crippen LogP contribution in [0.5, 0.6) is 5.75 Å². The Morgan fingerprint density at radius 1 is 1.50 bits per heavy atom. The Hall–Kier alpha value is -0.920. The number of hydrogen-bond donors (Lipinski definition) is 1. The molecule has 0 heterocycles. The average Bonchev–Trinajstić information content (AvgIpc) is 2.26. The van der Waals surface area contributed by atoms with Crippen LogP contribution in [0, 0.1) is 0 Å². The van der Waals surface area contributed by atoms with Gasteiger partial charge >= 0.3 is 0 Å². The summed E-state index contributed by atoms with van der Waals surface area (Å²) in [6.45, 7) is 0. The van der Waals surface area contributed by atoms with Crippen molar-refractivity contribution in [3.63, 3.8) is 0 Å². The van der Waals surface area contributed by atoms with E-state index in [0.29, 0.717) is 0 Å². The highest BCUT2D eigenvalue weighted by Gasteiger charge is 2.17. The lowest BCUT2D eigenvalue weighted by molar-refractivity contribution is 0.102. The molecule has 0 amide bonds. The van der Waals surface area contributed by atoms with Crippen LogP contribution in [0.4, 0.5) is 0 Å². The first-order valence-corrected chi connectivity index (χ1v) is 6.87. The molecule has 16 heavy (non-hydrogen) atoms. The van der Waals surface area contributed by atoms with Gasteiger partial charge in [-0.1, -0.05) is 15.9 Å². The number of ether oxygens (including phenoxy) is 1. The van der Waals surface area contributed by atoms with Crippen LogP contribution in [0.15, 0.2) is 23.1 Å². The van der Waals surface area contributed by atoms with Gasteiger partial charge < -0.3 is 4.74 Å². The van der Waals surface area contributed by atoms with Crippen LogP contribution in [0.3, 0.4) is 0 Å². The summed E-state index contributed by atoms with van der Waals surface area (Å²) in [4.78, 5) is 11.2. The maximum atomic E-state index is 11.4. The van der Waals surface area contributed by atoms with E-state index in [9.17, 15) is 13.2 Å². The zero-order chi connectivity index (χ0) is 12.3. The van der Waals surface area contributed by atoms with Gasteiger partial charge in [0, 0.05) is 5.56 Å². The van der Waals surface area contributed by atoms with E-state index in [1.807, 2.05) is 0 Å². The predicted molar refractivity (Wildman–Crippen MR) is 62.5 cm³/mol. The molecule has 5 nitrogen and oxygen atoms in total. The van der Waals surface area contributed by atoms with E-state index in [0.717, 1.165) is 0 Å². The standard InChI is InChI=1S/C9H10BrNO4S/c1-15-8-3-2-6(7(12)5-10)4-9(8)16(11,13)14/h2-4H,5H2,1H3,(H2,11,13,14). The molecule has 0 spiro atoms. The number of rotatable bonds is 4. The number of carbonyl (C=O) groups excluding carboxylic acids is 1. The zero-order valence-corrected chi connectivity index (χ0v) is 10.8. The van der Waals surface area contributed by atoms with Crippen molar-refractivity contribution in [1.82, 2.24) is 0 Å². The monoisotopic (exact) mass is 307 g/mol. The predicted octanol–water partition coefficient (Wildman–Crippen LogP) is 0.920. The van der Waals surface area contributed by atoms with E-state index in [2.05, 4.69) is 15.9 Å². The third-order valence-corrected chi connectivity index (χ3v) is 3.35. The lowest BCUT2D eigenvalue weighted by Gasteiger charge is -2.07. The maximum absolute atomic E-state index is 11.4. The van der Waals surface area contributed by atoms with Crippen molar-refractivity contribution in [2.24, 2.45) is 5.14 Å². The molecular weight excluding hydrogens is 298 g/mol. The molecule has 2 N–H and O–H groups in total. The van der Waals surface area contributed by atoms with Gasteiger partial charge in [0.15, 0.2) is 5.78 Å². The van der Waals surface area contributed by atoms with Crippen molar-refractivity contribution >= 4 is 31.7 Å². The Bertz CT molecular complexity index is 512. The van der Waals surface area contributed by atoms with Gasteiger partial charge in [-0.3, -0.25) is 4.79 Å². The highest BCUT2D eigenvalue weighted by molar-refractivity contribution is 9.09. The van der Waals surface area contributed by atoms with Crippen molar-refractivity contribution in [1.29, 1.82) is 0 Å². The second kappa shape index (κ2) is 4.94. The summed E-state index contributed by atoms with van der Waals surface area (Å²) >= 11 is 3.00. The minimum atomic E-state index is -3.90. The minimum absolute atomic E-state index is 0.114. The third kappa shape index (κ3) is 2.81. The molecule has 0 aromatic heterocycles. The molecule has 88 valence electrons. The Balaban J connectivity index is 3.39. The fourth-order valence-corrected chi connectivity index (χ4v) is 2.20. The van der Waals surface area contributed by atoms with E-state index in [-0.39, 0.29) is 27.3 Å². The molecule has 1 aromatic rings. The average molecular weight is 308 g/mol. The topological polar surface area (TPSA) is 86.5 Å². The molecule has 1 aromatic carbocycles. The fourth-order valence-electron chi connectivity index (χ4n) is 1.15. The quantitative estimate of drug-likeness (QED) is 0.662. The summed E-state index contributed by atoms with van der Waals surface area (Å²) in [6.07, 6.45) is 0. The highest BCUT2D eigenvalue weighted by atomic mass is 79.9. The summed E-state index contributed by atoms with van der Waals surface area (Å²) in [5, 5.41) is 5.13. The first-order valence-electron chi connectivity index (χ1n) is 4.20. The van der Waals surface area contributed by atoms with E-state index in [1.54, 1.807) is 0 Å². The molecule has 0 unspecified atom stereocenters. The molecule has 0 saturated carbocycles. The summed E-state index contributed by atoms with van der Waals surface area (Å²) in [7, 11) is -2.57. The number of halogens is 1. The molecule has 0 bridgehead atoms. The van der Waals surface area contributed by atoms with Gasteiger partial charge in [-0.15, -0.1) is 0 Å². The molecule has 0 atom stereocenters. The van der Waals surface area contributed by atoms with Crippen LogP contribution in [-0.4, -0.2) is 26.6 Å². The molecule has 0 radical (unpaired) electrons. The summed E-state index contributed by atoms with van der Waals surface area (Å²) in [6, 6.07) is 4.09. The van der Waals surface area contributed by atoms with Crippen LogP contribution in [0.2, 0.25) is 0 Å². The van der Waals surface area contributed by atoms with Crippen LogP contribution < -0.4 is 9.88 Å².